The number of amides is 2. The van der Waals surface area contributed by atoms with E-state index in [9.17, 15) is 4.79 Å². The number of hydrogen-bond donors (Lipinski definition) is 1. The van der Waals surface area contributed by atoms with Gasteiger partial charge in [-0.3, -0.25) is 0 Å². The van der Waals surface area contributed by atoms with E-state index in [-0.39, 0.29) is 16.9 Å². The van der Waals surface area contributed by atoms with E-state index in [0.717, 1.165) is 46.9 Å². The van der Waals surface area contributed by atoms with Gasteiger partial charge < -0.3 is 19.7 Å². The molecule has 7 rings (SSSR count). The third-order valence-corrected chi connectivity index (χ3v) is 9.53. The number of benzene rings is 2. The van der Waals surface area contributed by atoms with Gasteiger partial charge in [-0.15, -0.1) is 11.8 Å². The molecule has 4 bridgehead atoms. The Balaban J connectivity index is 1.18. The van der Waals surface area contributed by atoms with Crippen molar-refractivity contribution in [3.05, 3.63) is 59.7 Å². The van der Waals surface area contributed by atoms with Crippen LogP contribution in [0.15, 0.2) is 48.5 Å². The first-order valence-electron chi connectivity index (χ1n) is 12.7. The van der Waals surface area contributed by atoms with Crippen LogP contribution in [0.1, 0.15) is 55.0 Å². The highest BCUT2D eigenvalue weighted by atomic mass is 32.2. The topological polar surface area (TPSA) is 50.8 Å². The van der Waals surface area contributed by atoms with Crippen LogP contribution in [0.2, 0.25) is 0 Å². The zero-order valence-corrected chi connectivity index (χ0v) is 20.7. The minimum absolute atomic E-state index is 0.00102. The second-order valence-electron chi connectivity index (χ2n) is 10.7. The number of ether oxygens (including phenoxy) is 2. The molecule has 5 fully saturated rings. The number of methoxy groups -OCH3 is 1. The molecule has 180 valence electrons. The molecular weight excluding hydrogens is 444 g/mol. The van der Waals surface area contributed by atoms with E-state index in [1.54, 1.807) is 7.11 Å². The molecule has 2 aromatic rings. The van der Waals surface area contributed by atoms with Crippen molar-refractivity contribution in [2.75, 3.05) is 19.4 Å². The van der Waals surface area contributed by atoms with E-state index in [1.807, 2.05) is 40.9 Å². The van der Waals surface area contributed by atoms with Gasteiger partial charge >= 0.3 is 6.03 Å². The molecule has 34 heavy (non-hydrogen) atoms. The smallest absolute Gasteiger partial charge is 0.319 e. The van der Waals surface area contributed by atoms with Gasteiger partial charge in [0.15, 0.2) is 11.5 Å². The SMILES string of the molecule is COc1ccc(C2SCCN2C(=O)NC23CC4CC(CC(C4)C2)C3)cc1OCc1ccccc1. The number of nitrogens with zero attached hydrogens (tertiary/aromatic N) is 1. The van der Waals surface area contributed by atoms with Crippen LogP contribution < -0.4 is 14.8 Å². The summed E-state index contributed by atoms with van der Waals surface area (Å²) in [6, 6.07) is 16.3. The minimum atomic E-state index is -0.00102. The molecule has 1 heterocycles. The van der Waals surface area contributed by atoms with Crippen molar-refractivity contribution in [3.63, 3.8) is 0 Å². The Hall–Kier alpha value is -2.34. The van der Waals surface area contributed by atoms with Gasteiger partial charge in [0.05, 0.1) is 7.11 Å². The largest absolute Gasteiger partial charge is 0.493 e. The van der Waals surface area contributed by atoms with Crippen molar-refractivity contribution in [3.8, 4) is 11.5 Å². The normalized spacial score (nSPS) is 31.5. The number of carbonyl (C=O) groups is 1. The lowest BCUT2D eigenvalue weighted by Crippen LogP contribution is -2.61. The summed E-state index contributed by atoms with van der Waals surface area (Å²) >= 11 is 1.83. The van der Waals surface area contributed by atoms with Crippen LogP contribution in [0.5, 0.6) is 11.5 Å². The summed E-state index contributed by atoms with van der Waals surface area (Å²) in [7, 11) is 1.67. The van der Waals surface area contributed by atoms with Crippen LogP contribution in [-0.4, -0.2) is 35.9 Å². The second-order valence-corrected chi connectivity index (χ2v) is 11.9. The van der Waals surface area contributed by atoms with E-state index < -0.39 is 0 Å². The monoisotopic (exact) mass is 478 g/mol. The summed E-state index contributed by atoms with van der Waals surface area (Å²) in [5.74, 6) is 4.85. The van der Waals surface area contributed by atoms with Crippen LogP contribution in [-0.2, 0) is 6.61 Å². The highest BCUT2D eigenvalue weighted by Crippen LogP contribution is 2.56. The van der Waals surface area contributed by atoms with Gasteiger partial charge in [-0.2, -0.15) is 0 Å². The molecule has 1 saturated heterocycles. The highest BCUT2D eigenvalue weighted by molar-refractivity contribution is 7.99. The molecule has 1 aliphatic heterocycles. The van der Waals surface area contributed by atoms with Crippen LogP contribution >= 0.6 is 11.8 Å². The predicted octanol–water partition coefficient (Wildman–Crippen LogP) is 6.00. The molecule has 0 aromatic heterocycles. The number of rotatable bonds is 6. The predicted molar refractivity (Wildman–Crippen MR) is 135 cm³/mol. The zero-order valence-electron chi connectivity index (χ0n) is 19.9. The van der Waals surface area contributed by atoms with Gasteiger partial charge in [0, 0.05) is 17.8 Å². The maximum atomic E-state index is 13.6. The summed E-state index contributed by atoms with van der Waals surface area (Å²) in [5, 5.41) is 3.57. The van der Waals surface area contributed by atoms with Crippen molar-refractivity contribution in [1.82, 2.24) is 10.2 Å². The van der Waals surface area contributed by atoms with Crippen LogP contribution in [0, 0.1) is 17.8 Å². The third kappa shape index (κ3) is 4.26. The van der Waals surface area contributed by atoms with Gasteiger partial charge in [0.25, 0.3) is 0 Å². The number of thioether (sulfide) groups is 1. The Morgan fingerprint density at radius 3 is 2.41 bits per heavy atom. The number of nitrogens with one attached hydrogen (secondary N) is 1. The Morgan fingerprint density at radius 2 is 1.74 bits per heavy atom. The zero-order chi connectivity index (χ0) is 23.1. The molecule has 2 aromatic carbocycles. The minimum Gasteiger partial charge on any atom is -0.493 e. The Labute approximate surface area is 206 Å². The van der Waals surface area contributed by atoms with Gasteiger partial charge in [-0.05, 0) is 79.5 Å². The van der Waals surface area contributed by atoms with Gasteiger partial charge in [0.2, 0.25) is 0 Å². The van der Waals surface area contributed by atoms with E-state index in [0.29, 0.717) is 12.4 Å². The van der Waals surface area contributed by atoms with Gasteiger partial charge in [0.1, 0.15) is 12.0 Å². The molecule has 4 aliphatic carbocycles. The van der Waals surface area contributed by atoms with Crippen molar-refractivity contribution in [1.29, 1.82) is 0 Å². The highest BCUT2D eigenvalue weighted by Gasteiger charge is 2.52. The van der Waals surface area contributed by atoms with E-state index in [1.165, 1.54) is 38.5 Å². The molecule has 5 aliphatic rings. The standard InChI is InChI=1S/C28H34N2O3S/c1-32-24-8-7-23(14-25(24)33-18-19-5-3-2-4-6-19)26-30(9-10-34-26)27(31)29-28-15-20-11-21(16-28)13-22(12-20)17-28/h2-8,14,20-22,26H,9-13,15-18H2,1H3,(H,29,31). The van der Waals surface area contributed by atoms with Crippen molar-refractivity contribution >= 4 is 17.8 Å². The molecule has 0 spiro atoms. The van der Waals surface area contributed by atoms with Crippen LogP contribution in [0.4, 0.5) is 4.79 Å². The van der Waals surface area contributed by atoms with Gasteiger partial charge in [-0.1, -0.05) is 36.4 Å². The summed E-state index contributed by atoms with van der Waals surface area (Å²) in [6.45, 7) is 1.26. The lowest BCUT2D eigenvalue weighted by Gasteiger charge is -2.57. The molecule has 1 unspecified atom stereocenters. The summed E-state index contributed by atoms with van der Waals surface area (Å²) in [4.78, 5) is 15.6. The first kappa shape index (κ1) is 22.1. The molecular formula is C28H34N2O3S. The van der Waals surface area contributed by atoms with E-state index in [2.05, 4.69) is 29.6 Å². The number of carbonyl (C=O) groups excluding carboxylic acids is 1. The first-order valence-corrected chi connectivity index (χ1v) is 13.7. The Kier molecular flexibility index (Phi) is 5.88. The summed E-state index contributed by atoms with van der Waals surface area (Å²) < 4.78 is 11.7. The molecule has 6 heteroatoms. The average Bonchev–Trinajstić information content (AvgIpc) is 3.32. The van der Waals surface area contributed by atoms with E-state index >= 15 is 0 Å². The molecule has 1 N–H and O–H groups in total. The fourth-order valence-electron chi connectivity index (χ4n) is 7.21. The molecule has 5 nitrogen and oxygen atoms in total. The molecule has 4 saturated carbocycles. The van der Waals surface area contributed by atoms with Gasteiger partial charge in [-0.25, -0.2) is 4.79 Å². The summed E-state index contributed by atoms with van der Waals surface area (Å²) in [5.41, 5.74) is 2.24. The average molecular weight is 479 g/mol. The molecule has 0 radical (unpaired) electrons. The lowest BCUT2D eigenvalue weighted by molar-refractivity contribution is -0.0156. The molecule has 1 atom stereocenters. The maximum Gasteiger partial charge on any atom is 0.319 e. The molecule has 2 amide bonds. The third-order valence-electron chi connectivity index (χ3n) is 8.27. The quantitative estimate of drug-likeness (QED) is 0.553. The Morgan fingerprint density at radius 1 is 1.03 bits per heavy atom. The fraction of sp³-hybridized carbons (Fsp3) is 0.536. The second kappa shape index (κ2) is 9.03. The van der Waals surface area contributed by atoms with Crippen molar-refractivity contribution < 1.29 is 14.3 Å². The fourth-order valence-corrected chi connectivity index (χ4v) is 8.46. The van der Waals surface area contributed by atoms with E-state index in [4.69, 9.17) is 9.47 Å². The van der Waals surface area contributed by atoms with Crippen molar-refractivity contribution in [2.45, 2.75) is 56.0 Å². The number of urea groups is 1. The first-order chi connectivity index (χ1) is 16.6. The van der Waals surface area contributed by atoms with Crippen LogP contribution in [0.3, 0.4) is 0 Å². The van der Waals surface area contributed by atoms with Crippen LogP contribution in [0.25, 0.3) is 0 Å². The maximum absolute atomic E-state index is 13.6. The number of hydrogen-bond acceptors (Lipinski definition) is 4. The lowest BCUT2D eigenvalue weighted by atomic mass is 9.53. The Bertz CT molecular complexity index is 1010. The summed E-state index contributed by atoms with van der Waals surface area (Å²) in [6.07, 6.45) is 7.68. The van der Waals surface area contributed by atoms with Crippen molar-refractivity contribution in [2.24, 2.45) is 17.8 Å².